The Morgan fingerprint density at radius 1 is 1.37 bits per heavy atom. The van der Waals surface area contributed by atoms with Gasteiger partial charge >= 0.3 is 0 Å². The number of nitrogens with zero attached hydrogens (tertiary/aromatic N) is 1. The molecule has 1 aromatic carbocycles. The molecule has 0 saturated heterocycles. The molecule has 5 nitrogen and oxygen atoms in total. The van der Waals surface area contributed by atoms with Crippen molar-refractivity contribution in [2.75, 3.05) is 33.9 Å². The van der Waals surface area contributed by atoms with Gasteiger partial charge in [0.2, 0.25) is 5.91 Å². The fraction of sp³-hybridized carbons (Fsp3) is 0.462. The molecule has 1 N–H and O–H groups in total. The van der Waals surface area contributed by atoms with E-state index in [1.54, 1.807) is 19.0 Å². The van der Waals surface area contributed by atoms with Crippen LogP contribution >= 0.6 is 15.9 Å². The lowest BCUT2D eigenvalue weighted by Crippen LogP contribution is -2.32. The molecule has 0 spiro atoms. The number of benzene rings is 1. The van der Waals surface area contributed by atoms with Crippen molar-refractivity contribution in [1.29, 1.82) is 0 Å². The number of carbonyl (C=O) groups is 1. The molecular formula is C13H17BrN2O3. The van der Waals surface area contributed by atoms with E-state index in [2.05, 4.69) is 21.2 Å². The molecular weight excluding hydrogens is 312 g/mol. The van der Waals surface area contributed by atoms with E-state index in [4.69, 9.17) is 9.47 Å². The Kier molecular flexibility index (Phi) is 4.66. The van der Waals surface area contributed by atoms with E-state index >= 15 is 0 Å². The third-order valence-corrected chi connectivity index (χ3v) is 3.35. The zero-order valence-corrected chi connectivity index (χ0v) is 12.6. The van der Waals surface area contributed by atoms with Crippen LogP contribution in [0.15, 0.2) is 16.6 Å². The maximum Gasteiger partial charge on any atom is 0.236 e. The quantitative estimate of drug-likeness (QED) is 0.907. The average Bonchev–Trinajstić information content (AvgIpc) is 2.38. The highest BCUT2D eigenvalue weighted by Gasteiger charge is 2.16. The molecule has 104 valence electrons. The van der Waals surface area contributed by atoms with Crippen molar-refractivity contribution in [3.05, 3.63) is 22.2 Å². The molecule has 0 saturated carbocycles. The number of rotatable bonds is 4. The van der Waals surface area contributed by atoms with E-state index in [1.807, 2.05) is 12.1 Å². The van der Waals surface area contributed by atoms with Gasteiger partial charge < -0.3 is 19.7 Å². The van der Waals surface area contributed by atoms with Crippen LogP contribution in [0.2, 0.25) is 0 Å². The molecule has 0 bridgehead atoms. The summed E-state index contributed by atoms with van der Waals surface area (Å²) in [6, 6.07) is 3.91. The summed E-state index contributed by atoms with van der Waals surface area (Å²) in [6.07, 6.45) is 0. The monoisotopic (exact) mass is 328 g/mol. The Hall–Kier alpha value is -1.27. The van der Waals surface area contributed by atoms with Crippen molar-refractivity contribution in [3.63, 3.8) is 0 Å². The van der Waals surface area contributed by atoms with Crippen LogP contribution in [0.3, 0.4) is 0 Å². The van der Waals surface area contributed by atoms with Crippen LogP contribution in [0.1, 0.15) is 5.56 Å². The average molecular weight is 329 g/mol. The summed E-state index contributed by atoms with van der Waals surface area (Å²) in [5.74, 6) is 1.55. The van der Waals surface area contributed by atoms with E-state index in [-0.39, 0.29) is 5.91 Å². The number of fused-ring (bicyclic) bond motifs is 1. The highest BCUT2D eigenvalue weighted by molar-refractivity contribution is 9.10. The Bertz CT molecular complexity index is 477. The number of nitrogens with one attached hydrogen (secondary N) is 1. The predicted molar refractivity (Wildman–Crippen MR) is 75.5 cm³/mol. The van der Waals surface area contributed by atoms with E-state index in [0.29, 0.717) is 26.3 Å². The van der Waals surface area contributed by atoms with Gasteiger partial charge in [-0.05, 0) is 33.6 Å². The second-order valence-corrected chi connectivity index (χ2v) is 5.35. The standard InChI is InChI=1S/C13H17BrN2O3/c1-16(2)12(17)8-15-7-9-5-10(14)13-11(6-9)18-3-4-19-13/h5-6,15H,3-4,7-8H2,1-2H3. The maximum atomic E-state index is 11.4. The number of ether oxygens (including phenoxy) is 2. The van der Waals surface area contributed by atoms with Crippen LogP contribution in [-0.4, -0.2) is 44.7 Å². The number of amides is 1. The molecule has 0 radical (unpaired) electrons. The molecule has 0 aliphatic carbocycles. The summed E-state index contributed by atoms with van der Waals surface area (Å²) in [6.45, 7) is 2.06. The molecule has 1 aliphatic rings. The van der Waals surface area contributed by atoms with Gasteiger partial charge in [-0.1, -0.05) is 0 Å². The molecule has 0 atom stereocenters. The molecule has 0 unspecified atom stereocenters. The first-order valence-electron chi connectivity index (χ1n) is 6.07. The zero-order chi connectivity index (χ0) is 13.8. The number of hydrogen-bond acceptors (Lipinski definition) is 4. The fourth-order valence-corrected chi connectivity index (χ4v) is 2.34. The second kappa shape index (κ2) is 6.25. The Morgan fingerprint density at radius 3 is 2.84 bits per heavy atom. The first kappa shape index (κ1) is 14.1. The summed E-state index contributed by atoms with van der Waals surface area (Å²) in [5.41, 5.74) is 1.04. The van der Waals surface area contributed by atoms with Crippen LogP contribution in [-0.2, 0) is 11.3 Å². The third-order valence-electron chi connectivity index (χ3n) is 2.76. The van der Waals surface area contributed by atoms with Gasteiger partial charge in [-0.15, -0.1) is 0 Å². The molecule has 2 rings (SSSR count). The number of hydrogen-bond donors (Lipinski definition) is 1. The number of likely N-dealkylation sites (N-methyl/N-ethyl adjacent to an activating group) is 1. The lowest BCUT2D eigenvalue weighted by molar-refractivity contribution is -0.127. The molecule has 1 heterocycles. The second-order valence-electron chi connectivity index (χ2n) is 4.49. The largest absolute Gasteiger partial charge is 0.486 e. The van der Waals surface area contributed by atoms with Crippen molar-refractivity contribution in [2.45, 2.75) is 6.54 Å². The Labute approximate surface area is 121 Å². The van der Waals surface area contributed by atoms with Gasteiger partial charge in [0.15, 0.2) is 11.5 Å². The summed E-state index contributed by atoms with van der Waals surface area (Å²) < 4.78 is 12.0. The normalized spacial score (nSPS) is 13.2. The van der Waals surface area contributed by atoms with E-state index < -0.39 is 0 Å². The van der Waals surface area contributed by atoms with Crippen LogP contribution < -0.4 is 14.8 Å². The molecule has 0 fully saturated rings. The van der Waals surface area contributed by atoms with Gasteiger partial charge in [-0.2, -0.15) is 0 Å². The Balaban J connectivity index is 1.98. The first-order valence-corrected chi connectivity index (χ1v) is 6.86. The minimum absolute atomic E-state index is 0.0524. The molecule has 1 amide bonds. The summed E-state index contributed by atoms with van der Waals surface area (Å²) >= 11 is 3.47. The zero-order valence-electron chi connectivity index (χ0n) is 11.0. The van der Waals surface area contributed by atoms with Crippen LogP contribution in [0.4, 0.5) is 0 Å². The van der Waals surface area contributed by atoms with Crippen molar-refractivity contribution in [2.24, 2.45) is 0 Å². The SMILES string of the molecule is CN(C)C(=O)CNCc1cc(Br)c2c(c1)OCCO2. The Morgan fingerprint density at radius 2 is 2.11 bits per heavy atom. The molecule has 1 aromatic rings. The molecule has 0 aromatic heterocycles. The highest BCUT2D eigenvalue weighted by Crippen LogP contribution is 2.38. The minimum Gasteiger partial charge on any atom is -0.486 e. The van der Waals surface area contributed by atoms with Gasteiger partial charge in [0.05, 0.1) is 11.0 Å². The summed E-state index contributed by atoms with van der Waals surface area (Å²) in [4.78, 5) is 13.0. The highest BCUT2D eigenvalue weighted by atomic mass is 79.9. The lowest BCUT2D eigenvalue weighted by atomic mass is 10.2. The lowest BCUT2D eigenvalue weighted by Gasteiger charge is -2.20. The van der Waals surface area contributed by atoms with Crippen molar-refractivity contribution < 1.29 is 14.3 Å². The van der Waals surface area contributed by atoms with Crippen molar-refractivity contribution in [1.82, 2.24) is 10.2 Å². The van der Waals surface area contributed by atoms with Gasteiger partial charge in [0.25, 0.3) is 0 Å². The third kappa shape index (κ3) is 3.61. The van der Waals surface area contributed by atoms with Gasteiger partial charge in [-0.3, -0.25) is 4.79 Å². The van der Waals surface area contributed by atoms with Crippen LogP contribution in [0.25, 0.3) is 0 Å². The van der Waals surface area contributed by atoms with Crippen molar-refractivity contribution >= 4 is 21.8 Å². The molecule has 6 heteroatoms. The van der Waals surface area contributed by atoms with Gasteiger partial charge in [0, 0.05) is 20.6 Å². The molecule has 19 heavy (non-hydrogen) atoms. The van der Waals surface area contributed by atoms with Crippen molar-refractivity contribution in [3.8, 4) is 11.5 Å². The summed E-state index contributed by atoms with van der Waals surface area (Å²) in [5, 5.41) is 3.11. The van der Waals surface area contributed by atoms with E-state index in [1.165, 1.54) is 0 Å². The number of carbonyl (C=O) groups excluding carboxylic acids is 1. The number of halogens is 1. The van der Waals surface area contributed by atoms with Crippen LogP contribution in [0, 0.1) is 0 Å². The first-order chi connectivity index (χ1) is 9.08. The van der Waals surface area contributed by atoms with E-state index in [0.717, 1.165) is 21.5 Å². The fourth-order valence-electron chi connectivity index (χ4n) is 1.74. The van der Waals surface area contributed by atoms with Gasteiger partial charge in [-0.25, -0.2) is 0 Å². The predicted octanol–water partition coefficient (Wildman–Crippen LogP) is 1.40. The smallest absolute Gasteiger partial charge is 0.236 e. The topological polar surface area (TPSA) is 50.8 Å². The minimum atomic E-state index is 0.0524. The molecule has 1 aliphatic heterocycles. The summed E-state index contributed by atoms with van der Waals surface area (Å²) in [7, 11) is 3.48. The maximum absolute atomic E-state index is 11.4. The van der Waals surface area contributed by atoms with Gasteiger partial charge in [0.1, 0.15) is 13.2 Å². The van der Waals surface area contributed by atoms with E-state index in [9.17, 15) is 4.79 Å². The van der Waals surface area contributed by atoms with Crippen LogP contribution in [0.5, 0.6) is 11.5 Å².